The zero-order chi connectivity index (χ0) is 11.8. The zero-order valence-electron chi connectivity index (χ0n) is 8.57. The van der Waals surface area contributed by atoms with Gasteiger partial charge in [0.15, 0.2) is 8.68 Å². The number of nitrogens with zero attached hydrogens (tertiary/aromatic N) is 1. The molecule has 1 aliphatic rings. The van der Waals surface area contributed by atoms with Crippen LogP contribution in [0.1, 0.15) is 6.92 Å². The fourth-order valence-electron chi connectivity index (χ4n) is 1.26. The lowest BCUT2D eigenvalue weighted by molar-refractivity contribution is -0.0965. The topological polar surface area (TPSA) is 68.3 Å². The van der Waals surface area contributed by atoms with E-state index in [9.17, 15) is 8.42 Å². The second-order valence-electron chi connectivity index (χ2n) is 4.06. The summed E-state index contributed by atoms with van der Waals surface area (Å²) in [5.41, 5.74) is -0.0957. The molecular formula is C8H11ClN2O3S2. The predicted octanol–water partition coefficient (Wildman–Crippen LogP) is 1.11. The van der Waals surface area contributed by atoms with E-state index >= 15 is 0 Å². The zero-order valence-corrected chi connectivity index (χ0v) is 11.0. The number of hydrogen-bond donors (Lipinski definition) is 1. The van der Waals surface area contributed by atoms with Gasteiger partial charge in [0.2, 0.25) is 0 Å². The van der Waals surface area contributed by atoms with E-state index in [-0.39, 0.29) is 14.1 Å². The largest absolute Gasteiger partial charge is 0.380 e. The lowest BCUT2D eigenvalue weighted by Crippen LogP contribution is -2.48. The molecule has 0 aliphatic carbocycles. The number of thiazole rings is 1. The van der Waals surface area contributed by atoms with E-state index < -0.39 is 10.0 Å². The number of nitrogens with one attached hydrogen (secondary N) is 1. The molecule has 2 heterocycles. The first-order valence-corrected chi connectivity index (χ1v) is 7.28. The number of aromatic nitrogens is 1. The lowest BCUT2D eigenvalue weighted by atomic mass is 9.89. The van der Waals surface area contributed by atoms with Crippen molar-refractivity contribution in [2.24, 2.45) is 5.41 Å². The van der Waals surface area contributed by atoms with Crippen molar-refractivity contribution in [1.82, 2.24) is 9.71 Å². The van der Waals surface area contributed by atoms with Crippen LogP contribution in [0.3, 0.4) is 0 Å². The van der Waals surface area contributed by atoms with Crippen LogP contribution in [0.15, 0.2) is 10.4 Å². The maximum atomic E-state index is 11.8. The van der Waals surface area contributed by atoms with Crippen LogP contribution < -0.4 is 4.72 Å². The lowest BCUT2D eigenvalue weighted by Gasteiger charge is -2.37. The molecule has 0 radical (unpaired) electrons. The molecule has 0 unspecified atom stereocenters. The highest BCUT2D eigenvalue weighted by molar-refractivity contribution is 7.91. The molecule has 1 aromatic rings. The Morgan fingerprint density at radius 1 is 1.69 bits per heavy atom. The minimum atomic E-state index is -3.48. The molecule has 1 aromatic heterocycles. The predicted molar refractivity (Wildman–Crippen MR) is 61.2 cm³/mol. The Bertz CT molecular complexity index is 481. The van der Waals surface area contributed by atoms with Crippen LogP contribution in [0.4, 0.5) is 0 Å². The summed E-state index contributed by atoms with van der Waals surface area (Å²) in [5.74, 6) is 0. The first-order valence-electron chi connectivity index (χ1n) is 4.60. The van der Waals surface area contributed by atoms with Gasteiger partial charge >= 0.3 is 0 Å². The molecular weight excluding hydrogens is 272 g/mol. The summed E-state index contributed by atoms with van der Waals surface area (Å²) in [6, 6.07) is 0. The highest BCUT2D eigenvalue weighted by atomic mass is 35.5. The van der Waals surface area contributed by atoms with Crippen LogP contribution in [0.25, 0.3) is 0 Å². The standard InChI is InChI=1S/C8H11ClN2O3S2/c1-8(4-14-5-8)3-11-16(12,13)6-2-10-7(9)15-6/h2,11H,3-5H2,1H3. The Balaban J connectivity index is 2.03. The smallest absolute Gasteiger partial charge is 0.251 e. The Morgan fingerprint density at radius 2 is 2.38 bits per heavy atom. The first-order chi connectivity index (χ1) is 7.41. The summed E-state index contributed by atoms with van der Waals surface area (Å²) in [6.45, 7) is 3.50. The number of hydrogen-bond acceptors (Lipinski definition) is 5. The van der Waals surface area contributed by atoms with Gasteiger partial charge in [-0.05, 0) is 0 Å². The normalized spacial score (nSPS) is 19.4. The van der Waals surface area contributed by atoms with E-state index in [1.54, 1.807) is 0 Å². The Kier molecular flexibility index (Phi) is 3.24. The summed E-state index contributed by atoms with van der Waals surface area (Å²) in [6.07, 6.45) is 1.26. The Labute approximate surface area is 103 Å². The van der Waals surface area contributed by atoms with Crippen molar-refractivity contribution in [3.8, 4) is 0 Å². The quantitative estimate of drug-likeness (QED) is 0.898. The molecule has 90 valence electrons. The third kappa shape index (κ3) is 2.54. The molecule has 0 aromatic carbocycles. The van der Waals surface area contributed by atoms with E-state index in [1.807, 2.05) is 6.92 Å². The average molecular weight is 283 g/mol. The third-order valence-corrected chi connectivity index (χ3v) is 5.29. The molecule has 0 bridgehead atoms. The van der Waals surface area contributed by atoms with Crippen LogP contribution in [0.5, 0.6) is 0 Å². The van der Waals surface area contributed by atoms with Gasteiger partial charge in [-0.2, -0.15) is 0 Å². The van der Waals surface area contributed by atoms with Crippen LogP contribution in [-0.2, 0) is 14.8 Å². The van der Waals surface area contributed by atoms with Crippen LogP contribution in [0.2, 0.25) is 4.47 Å². The molecule has 0 saturated carbocycles. The fraction of sp³-hybridized carbons (Fsp3) is 0.625. The van der Waals surface area contributed by atoms with E-state index in [4.69, 9.17) is 16.3 Å². The van der Waals surface area contributed by atoms with Gasteiger partial charge in [0.25, 0.3) is 10.0 Å². The van der Waals surface area contributed by atoms with Crippen molar-refractivity contribution in [2.45, 2.75) is 11.1 Å². The molecule has 0 spiro atoms. The van der Waals surface area contributed by atoms with Gasteiger partial charge in [-0.25, -0.2) is 18.1 Å². The third-order valence-electron chi connectivity index (χ3n) is 2.31. The summed E-state index contributed by atoms with van der Waals surface area (Å²) in [5, 5.41) is 0. The highest BCUT2D eigenvalue weighted by Gasteiger charge is 2.34. The summed E-state index contributed by atoms with van der Waals surface area (Å²) >= 11 is 6.53. The van der Waals surface area contributed by atoms with Crippen molar-refractivity contribution in [3.63, 3.8) is 0 Å². The van der Waals surface area contributed by atoms with Crippen molar-refractivity contribution < 1.29 is 13.2 Å². The average Bonchev–Trinajstić information content (AvgIpc) is 2.60. The Morgan fingerprint density at radius 3 is 2.81 bits per heavy atom. The monoisotopic (exact) mass is 282 g/mol. The fourth-order valence-corrected chi connectivity index (χ4v) is 3.79. The first kappa shape index (κ1) is 12.3. The van der Waals surface area contributed by atoms with Gasteiger partial charge in [0.05, 0.1) is 19.4 Å². The van der Waals surface area contributed by atoms with Crippen LogP contribution in [-0.4, -0.2) is 33.2 Å². The molecule has 0 amide bonds. The number of rotatable bonds is 4. The van der Waals surface area contributed by atoms with Crippen molar-refractivity contribution in [3.05, 3.63) is 10.7 Å². The van der Waals surface area contributed by atoms with Crippen molar-refractivity contribution in [2.75, 3.05) is 19.8 Å². The van der Waals surface area contributed by atoms with Gasteiger partial charge in [0, 0.05) is 12.0 Å². The Hall–Kier alpha value is -0.210. The van der Waals surface area contributed by atoms with Gasteiger partial charge in [0.1, 0.15) is 0 Å². The molecule has 1 saturated heterocycles. The molecule has 1 aliphatic heterocycles. The van der Waals surface area contributed by atoms with Gasteiger partial charge in [-0.1, -0.05) is 29.9 Å². The van der Waals surface area contributed by atoms with Crippen molar-refractivity contribution in [1.29, 1.82) is 0 Å². The van der Waals surface area contributed by atoms with Crippen molar-refractivity contribution >= 4 is 33.0 Å². The van der Waals surface area contributed by atoms with E-state index in [1.165, 1.54) is 6.20 Å². The summed E-state index contributed by atoms with van der Waals surface area (Å²) < 4.78 is 31.5. The minimum absolute atomic E-state index is 0.0957. The van der Waals surface area contributed by atoms with Crippen LogP contribution >= 0.6 is 22.9 Å². The van der Waals surface area contributed by atoms with Gasteiger partial charge in [-0.15, -0.1) is 0 Å². The van der Waals surface area contributed by atoms with E-state index in [0.29, 0.717) is 19.8 Å². The van der Waals surface area contributed by atoms with E-state index in [2.05, 4.69) is 9.71 Å². The molecule has 1 fully saturated rings. The molecule has 8 heteroatoms. The van der Waals surface area contributed by atoms with E-state index in [0.717, 1.165) is 11.3 Å². The molecule has 5 nitrogen and oxygen atoms in total. The number of sulfonamides is 1. The molecule has 1 N–H and O–H groups in total. The SMILES string of the molecule is CC1(CNS(=O)(=O)c2cnc(Cl)s2)COC1. The maximum absolute atomic E-state index is 11.8. The highest BCUT2D eigenvalue weighted by Crippen LogP contribution is 2.27. The maximum Gasteiger partial charge on any atom is 0.251 e. The second kappa shape index (κ2) is 4.23. The van der Waals surface area contributed by atoms with Crippen LogP contribution in [0, 0.1) is 5.41 Å². The van der Waals surface area contributed by atoms with Gasteiger partial charge in [-0.3, -0.25) is 0 Å². The van der Waals surface area contributed by atoms with Gasteiger partial charge < -0.3 is 4.74 Å². The number of halogens is 1. The molecule has 16 heavy (non-hydrogen) atoms. The second-order valence-corrected chi connectivity index (χ2v) is 7.67. The summed E-state index contributed by atoms with van der Waals surface area (Å²) in [4.78, 5) is 3.70. The molecule has 0 atom stereocenters. The summed E-state index contributed by atoms with van der Waals surface area (Å²) in [7, 11) is -3.48. The minimum Gasteiger partial charge on any atom is -0.380 e. The molecule has 2 rings (SSSR count). The number of ether oxygens (including phenoxy) is 1.